The van der Waals surface area contributed by atoms with E-state index in [1.807, 2.05) is 0 Å². The van der Waals surface area contributed by atoms with Crippen LogP contribution in [0.5, 0.6) is 11.5 Å². The third kappa shape index (κ3) is 9.67. The Morgan fingerprint density at radius 1 is 0.516 bits per heavy atom. The zero-order valence-corrected chi connectivity index (χ0v) is 18.3. The van der Waals surface area contributed by atoms with Crippen molar-refractivity contribution in [2.75, 3.05) is 105 Å². The summed E-state index contributed by atoms with van der Waals surface area (Å²) in [6.45, 7) is 10.0. The molecule has 3 aliphatic rings. The van der Waals surface area contributed by atoms with Gasteiger partial charge in [0.1, 0.15) is 19.0 Å². The van der Waals surface area contributed by atoms with Crippen LogP contribution in [0.15, 0.2) is 18.2 Å². The highest BCUT2D eigenvalue weighted by Crippen LogP contribution is 2.28. The Bertz CT molecular complexity index is 604. The van der Waals surface area contributed by atoms with Crippen molar-refractivity contribution in [3.8, 4) is 11.5 Å². The molecule has 1 fully saturated rings. The highest BCUT2D eigenvalue weighted by molar-refractivity contribution is 5.40. The molecule has 1 aromatic rings. The predicted octanol–water partition coefficient (Wildman–Crippen LogP) is 1.28. The number of rotatable bonds is 0. The van der Waals surface area contributed by atoms with E-state index in [-0.39, 0.29) is 5.82 Å². The summed E-state index contributed by atoms with van der Waals surface area (Å²) in [6, 6.07) is 4.39. The van der Waals surface area contributed by atoms with Crippen LogP contribution in [0.1, 0.15) is 0 Å². The number of nitrogens with zero attached hydrogens (tertiary/aromatic N) is 2. The molecule has 1 saturated heterocycles. The molecule has 2 bridgehead atoms. The molecule has 0 unspecified atom stereocenters. The molecular weight excluding hydrogens is 407 g/mol. The summed E-state index contributed by atoms with van der Waals surface area (Å²) in [5, 5.41) is 0. The van der Waals surface area contributed by atoms with Crippen LogP contribution in [0.2, 0.25) is 0 Å². The van der Waals surface area contributed by atoms with Crippen LogP contribution in [0.25, 0.3) is 0 Å². The lowest BCUT2D eigenvalue weighted by Gasteiger charge is -2.25. The minimum atomic E-state index is -0.346. The normalized spacial score (nSPS) is 26.1. The summed E-state index contributed by atoms with van der Waals surface area (Å²) in [7, 11) is 0. The second kappa shape index (κ2) is 14.5. The third-order valence-electron chi connectivity index (χ3n) is 5.19. The molecule has 0 radical (unpaired) electrons. The Balaban J connectivity index is 1.71. The molecule has 0 N–H and O–H groups in total. The second-order valence-electron chi connectivity index (χ2n) is 7.42. The molecule has 0 atom stereocenters. The molecule has 176 valence electrons. The van der Waals surface area contributed by atoms with Gasteiger partial charge in [0.05, 0.1) is 52.9 Å². The Morgan fingerprint density at radius 2 is 0.935 bits per heavy atom. The first kappa shape index (κ1) is 24.2. The molecule has 31 heavy (non-hydrogen) atoms. The third-order valence-corrected chi connectivity index (χ3v) is 5.19. The summed E-state index contributed by atoms with van der Waals surface area (Å²) < 4.78 is 48.5. The maximum atomic E-state index is 13.8. The smallest absolute Gasteiger partial charge is 0.164 e. The Hall–Kier alpha value is -1.49. The second-order valence-corrected chi connectivity index (χ2v) is 7.42. The highest BCUT2D eigenvalue weighted by Gasteiger charge is 2.12. The maximum absolute atomic E-state index is 13.8. The fourth-order valence-corrected chi connectivity index (χ4v) is 3.37. The van der Waals surface area contributed by atoms with Gasteiger partial charge in [-0.15, -0.1) is 0 Å². The van der Waals surface area contributed by atoms with Gasteiger partial charge in [-0.3, -0.25) is 9.80 Å². The van der Waals surface area contributed by atoms with Gasteiger partial charge in [-0.2, -0.15) is 0 Å². The van der Waals surface area contributed by atoms with Gasteiger partial charge < -0.3 is 28.4 Å². The Morgan fingerprint density at radius 3 is 1.42 bits per heavy atom. The molecule has 0 saturated carbocycles. The van der Waals surface area contributed by atoms with Gasteiger partial charge >= 0.3 is 0 Å². The molecule has 8 nitrogen and oxygen atoms in total. The van der Waals surface area contributed by atoms with Gasteiger partial charge in [-0.1, -0.05) is 0 Å². The summed E-state index contributed by atoms with van der Waals surface area (Å²) in [4.78, 5) is 4.45. The number of hydrogen-bond acceptors (Lipinski definition) is 8. The van der Waals surface area contributed by atoms with Crippen molar-refractivity contribution in [3.63, 3.8) is 0 Å². The molecular formula is C22H35FN2O6. The topological polar surface area (TPSA) is 61.9 Å². The van der Waals surface area contributed by atoms with Gasteiger partial charge in [0.2, 0.25) is 0 Å². The number of benzene rings is 1. The van der Waals surface area contributed by atoms with E-state index in [1.165, 1.54) is 12.1 Å². The summed E-state index contributed by atoms with van der Waals surface area (Å²) in [5.74, 6) is 0.628. The van der Waals surface area contributed by atoms with Gasteiger partial charge in [-0.05, 0) is 12.1 Å². The van der Waals surface area contributed by atoms with Crippen molar-refractivity contribution in [2.24, 2.45) is 0 Å². The van der Waals surface area contributed by atoms with Gasteiger partial charge in [0.25, 0.3) is 0 Å². The molecule has 0 spiro atoms. The molecule has 3 heterocycles. The fraction of sp³-hybridized carbons (Fsp3) is 0.727. The van der Waals surface area contributed by atoms with Crippen molar-refractivity contribution in [1.29, 1.82) is 0 Å². The molecule has 0 aliphatic carbocycles. The molecule has 3 aliphatic heterocycles. The zero-order valence-electron chi connectivity index (χ0n) is 18.3. The number of ether oxygens (including phenoxy) is 6. The summed E-state index contributed by atoms with van der Waals surface area (Å²) >= 11 is 0. The van der Waals surface area contributed by atoms with Crippen molar-refractivity contribution >= 4 is 0 Å². The van der Waals surface area contributed by atoms with Crippen molar-refractivity contribution < 1.29 is 32.8 Å². The fourth-order valence-electron chi connectivity index (χ4n) is 3.37. The summed E-state index contributed by atoms with van der Waals surface area (Å²) in [5.41, 5.74) is 0. The maximum Gasteiger partial charge on any atom is 0.164 e. The van der Waals surface area contributed by atoms with Crippen LogP contribution in [0.3, 0.4) is 0 Å². The van der Waals surface area contributed by atoms with Crippen LogP contribution < -0.4 is 9.47 Å². The lowest BCUT2D eigenvalue weighted by Crippen LogP contribution is -2.36. The molecule has 9 heteroatoms. The van der Waals surface area contributed by atoms with E-state index < -0.39 is 0 Å². The van der Waals surface area contributed by atoms with Gasteiger partial charge in [0, 0.05) is 45.3 Å². The average Bonchev–Trinajstić information content (AvgIpc) is 2.76. The van der Waals surface area contributed by atoms with Gasteiger partial charge in [0.15, 0.2) is 11.5 Å². The first-order chi connectivity index (χ1) is 15.3. The number of fused-ring (bicyclic) bond motifs is 18. The molecule has 1 aromatic carbocycles. The van der Waals surface area contributed by atoms with Crippen molar-refractivity contribution in [1.82, 2.24) is 9.80 Å². The zero-order chi connectivity index (χ0) is 21.6. The molecule has 0 amide bonds. The van der Waals surface area contributed by atoms with Crippen LogP contribution >= 0.6 is 0 Å². The standard InChI is InChI=1S/C22H35FN2O6/c23-20-1-2-21-22(19-20)31-14-8-25-5-11-28-17-15-26-9-3-24(7-13-30-21)4-10-27-16-18-29-12-6-25/h1-2,19H,3-18H2. The lowest BCUT2D eigenvalue weighted by molar-refractivity contribution is 0.00505. The number of halogens is 1. The minimum Gasteiger partial charge on any atom is -0.488 e. The first-order valence-electron chi connectivity index (χ1n) is 11.1. The monoisotopic (exact) mass is 442 g/mol. The highest BCUT2D eigenvalue weighted by atomic mass is 19.1. The van der Waals surface area contributed by atoms with E-state index in [2.05, 4.69) is 9.80 Å². The van der Waals surface area contributed by atoms with E-state index in [0.29, 0.717) is 90.7 Å². The largest absolute Gasteiger partial charge is 0.488 e. The van der Waals surface area contributed by atoms with Crippen LogP contribution in [0, 0.1) is 5.82 Å². The molecule has 4 rings (SSSR count). The minimum absolute atomic E-state index is 0.346. The van der Waals surface area contributed by atoms with Crippen LogP contribution in [-0.2, 0) is 18.9 Å². The van der Waals surface area contributed by atoms with E-state index >= 15 is 0 Å². The van der Waals surface area contributed by atoms with Crippen LogP contribution in [0.4, 0.5) is 4.39 Å². The van der Waals surface area contributed by atoms with Crippen molar-refractivity contribution in [2.45, 2.75) is 0 Å². The Labute approximate surface area is 184 Å². The Kier molecular flexibility index (Phi) is 11.3. The van der Waals surface area contributed by atoms with Gasteiger partial charge in [-0.25, -0.2) is 4.39 Å². The predicted molar refractivity (Wildman–Crippen MR) is 114 cm³/mol. The first-order valence-corrected chi connectivity index (χ1v) is 11.1. The van der Waals surface area contributed by atoms with E-state index in [1.54, 1.807) is 6.07 Å². The summed E-state index contributed by atoms with van der Waals surface area (Å²) in [6.07, 6.45) is 0. The van der Waals surface area contributed by atoms with E-state index in [9.17, 15) is 4.39 Å². The van der Waals surface area contributed by atoms with Crippen molar-refractivity contribution in [3.05, 3.63) is 24.0 Å². The van der Waals surface area contributed by atoms with E-state index in [0.717, 1.165) is 26.2 Å². The van der Waals surface area contributed by atoms with E-state index in [4.69, 9.17) is 28.4 Å². The average molecular weight is 443 g/mol. The van der Waals surface area contributed by atoms with Crippen LogP contribution in [-0.4, -0.2) is 115 Å². The molecule has 0 aromatic heterocycles. The SMILES string of the molecule is Fc1ccc2c(c1)OCCN1CCOCCOCCN(CCOCCOCC1)CCO2. The lowest BCUT2D eigenvalue weighted by atomic mass is 10.3. The quantitative estimate of drug-likeness (QED) is 0.596. The number of hydrogen-bond donors (Lipinski definition) is 0.